The van der Waals surface area contributed by atoms with Gasteiger partial charge >= 0.3 is 0 Å². The highest BCUT2D eigenvalue weighted by Crippen LogP contribution is 2.24. The smallest absolute Gasteiger partial charge is 0.154 e. The maximum Gasteiger partial charge on any atom is 0.154 e. The van der Waals surface area contributed by atoms with Gasteiger partial charge in [0.1, 0.15) is 5.82 Å². The highest BCUT2D eigenvalue weighted by atomic mass is 16.5. The quantitative estimate of drug-likeness (QED) is 0.799. The van der Waals surface area contributed by atoms with E-state index in [1.165, 1.54) is 6.42 Å². The number of anilines is 1. The van der Waals surface area contributed by atoms with Crippen LogP contribution in [0.1, 0.15) is 25.7 Å². The van der Waals surface area contributed by atoms with E-state index in [9.17, 15) is 0 Å². The predicted octanol–water partition coefficient (Wildman–Crippen LogP) is 3.16. The van der Waals surface area contributed by atoms with E-state index >= 15 is 0 Å². The second-order valence-corrected chi connectivity index (χ2v) is 6.23. The summed E-state index contributed by atoms with van der Waals surface area (Å²) in [6.07, 6.45) is 10.3. The zero-order valence-corrected chi connectivity index (χ0v) is 13.7. The Labute approximate surface area is 140 Å². The Morgan fingerprint density at radius 1 is 1.17 bits per heavy atom. The second-order valence-electron chi connectivity index (χ2n) is 6.23. The molecule has 0 aliphatic heterocycles. The van der Waals surface area contributed by atoms with E-state index in [1.807, 2.05) is 35.0 Å². The van der Waals surface area contributed by atoms with Gasteiger partial charge in [0.2, 0.25) is 0 Å². The fourth-order valence-corrected chi connectivity index (χ4v) is 3.37. The Bertz CT molecular complexity index is 817. The van der Waals surface area contributed by atoms with Crippen LogP contribution in [-0.4, -0.2) is 38.8 Å². The molecule has 1 saturated carbocycles. The van der Waals surface area contributed by atoms with Crippen molar-refractivity contribution in [1.82, 2.24) is 19.6 Å². The zero-order chi connectivity index (χ0) is 16.4. The van der Waals surface area contributed by atoms with Gasteiger partial charge in [0.05, 0.1) is 18.0 Å². The van der Waals surface area contributed by atoms with Crippen LogP contribution in [0.3, 0.4) is 0 Å². The van der Waals surface area contributed by atoms with E-state index in [4.69, 9.17) is 9.84 Å². The van der Waals surface area contributed by atoms with E-state index in [0.29, 0.717) is 12.1 Å². The van der Waals surface area contributed by atoms with E-state index in [-0.39, 0.29) is 0 Å². The van der Waals surface area contributed by atoms with Crippen molar-refractivity contribution < 1.29 is 4.74 Å². The molecule has 3 heterocycles. The first kappa shape index (κ1) is 15.1. The van der Waals surface area contributed by atoms with Crippen LogP contribution in [0.5, 0.6) is 0 Å². The van der Waals surface area contributed by atoms with E-state index in [2.05, 4.69) is 15.3 Å². The van der Waals surface area contributed by atoms with Gasteiger partial charge in [-0.25, -0.2) is 9.50 Å². The van der Waals surface area contributed by atoms with Crippen molar-refractivity contribution in [3.8, 4) is 11.3 Å². The standard InChI is InChI=1S/C18H21N5O/c1-24-15-4-2-3-14(11-15)21-17-5-6-18-20-12-16(23(18)22-17)13-7-9-19-10-8-13/h5-10,12,14-15H,2-4,11H2,1H3,(H,21,22). The normalized spacial score (nSPS) is 21.0. The number of pyridine rings is 1. The van der Waals surface area contributed by atoms with Crippen molar-refractivity contribution in [2.24, 2.45) is 0 Å². The number of nitrogens with one attached hydrogen (secondary N) is 1. The molecule has 4 rings (SSSR count). The largest absolute Gasteiger partial charge is 0.381 e. The third-order valence-corrected chi connectivity index (χ3v) is 4.65. The van der Waals surface area contributed by atoms with Crippen molar-refractivity contribution in [2.75, 3.05) is 12.4 Å². The van der Waals surface area contributed by atoms with Crippen LogP contribution >= 0.6 is 0 Å². The molecule has 3 aromatic heterocycles. The lowest BCUT2D eigenvalue weighted by Crippen LogP contribution is -2.31. The highest BCUT2D eigenvalue weighted by Gasteiger charge is 2.22. The molecule has 2 atom stereocenters. The summed E-state index contributed by atoms with van der Waals surface area (Å²) in [6, 6.07) is 8.33. The first-order valence-corrected chi connectivity index (χ1v) is 8.38. The molecular weight excluding hydrogens is 302 g/mol. The SMILES string of the molecule is COC1CCCC(Nc2ccc3ncc(-c4ccncc4)n3n2)C1. The molecule has 3 aromatic rings. The van der Waals surface area contributed by atoms with Crippen molar-refractivity contribution in [3.63, 3.8) is 0 Å². The summed E-state index contributed by atoms with van der Waals surface area (Å²) in [5.74, 6) is 0.873. The number of ether oxygens (including phenoxy) is 1. The first-order chi connectivity index (χ1) is 11.8. The molecule has 0 radical (unpaired) electrons. The number of aromatic nitrogens is 4. The number of nitrogens with zero attached hydrogens (tertiary/aromatic N) is 4. The molecule has 0 saturated heterocycles. The van der Waals surface area contributed by atoms with Crippen LogP contribution in [0.4, 0.5) is 5.82 Å². The Morgan fingerprint density at radius 3 is 2.88 bits per heavy atom. The number of methoxy groups -OCH3 is 1. The summed E-state index contributed by atoms with van der Waals surface area (Å²) in [5, 5.41) is 8.29. The Kier molecular flexibility index (Phi) is 4.13. The minimum Gasteiger partial charge on any atom is -0.381 e. The minimum atomic E-state index is 0.348. The third kappa shape index (κ3) is 2.97. The number of imidazole rings is 1. The summed E-state index contributed by atoms with van der Waals surface area (Å²) in [6.45, 7) is 0. The van der Waals surface area contributed by atoms with Gasteiger partial charge in [-0.2, -0.15) is 0 Å². The van der Waals surface area contributed by atoms with Gasteiger partial charge in [0, 0.05) is 31.1 Å². The third-order valence-electron chi connectivity index (χ3n) is 4.65. The van der Waals surface area contributed by atoms with Crippen molar-refractivity contribution in [2.45, 2.75) is 37.8 Å². The van der Waals surface area contributed by atoms with Gasteiger partial charge in [0.15, 0.2) is 5.65 Å². The Balaban J connectivity index is 1.61. The average Bonchev–Trinajstić information content (AvgIpc) is 3.06. The molecule has 6 nitrogen and oxygen atoms in total. The van der Waals surface area contributed by atoms with E-state index in [1.54, 1.807) is 19.5 Å². The first-order valence-electron chi connectivity index (χ1n) is 8.38. The summed E-state index contributed by atoms with van der Waals surface area (Å²) in [4.78, 5) is 8.51. The van der Waals surface area contributed by atoms with Crippen LogP contribution < -0.4 is 5.32 Å². The number of fused-ring (bicyclic) bond motifs is 1. The Hall–Kier alpha value is -2.47. The number of hydrogen-bond donors (Lipinski definition) is 1. The molecular formula is C18H21N5O. The molecule has 2 unspecified atom stereocenters. The summed E-state index contributed by atoms with van der Waals surface area (Å²) in [5.41, 5.74) is 2.86. The second kappa shape index (κ2) is 6.57. The molecule has 0 aromatic carbocycles. The minimum absolute atomic E-state index is 0.348. The topological polar surface area (TPSA) is 64.3 Å². The molecule has 0 spiro atoms. The predicted molar refractivity (Wildman–Crippen MR) is 92.9 cm³/mol. The maximum atomic E-state index is 5.51. The molecule has 124 valence electrons. The molecule has 1 fully saturated rings. The van der Waals surface area contributed by atoms with Crippen LogP contribution in [0, 0.1) is 0 Å². The monoisotopic (exact) mass is 323 g/mol. The van der Waals surface area contributed by atoms with Gasteiger partial charge in [-0.3, -0.25) is 4.98 Å². The number of rotatable bonds is 4. The summed E-state index contributed by atoms with van der Waals surface area (Å²) in [7, 11) is 1.80. The van der Waals surface area contributed by atoms with Gasteiger partial charge in [0.25, 0.3) is 0 Å². The van der Waals surface area contributed by atoms with Crippen molar-refractivity contribution in [1.29, 1.82) is 0 Å². The fraction of sp³-hybridized carbons (Fsp3) is 0.389. The maximum absolute atomic E-state index is 5.51. The Morgan fingerprint density at radius 2 is 2.04 bits per heavy atom. The fourth-order valence-electron chi connectivity index (χ4n) is 3.37. The van der Waals surface area contributed by atoms with E-state index in [0.717, 1.165) is 42.0 Å². The molecule has 24 heavy (non-hydrogen) atoms. The summed E-state index contributed by atoms with van der Waals surface area (Å²) >= 11 is 0. The van der Waals surface area contributed by atoms with Crippen LogP contribution in [0.2, 0.25) is 0 Å². The lowest BCUT2D eigenvalue weighted by atomic mass is 9.93. The van der Waals surface area contributed by atoms with Crippen LogP contribution in [-0.2, 0) is 4.74 Å². The van der Waals surface area contributed by atoms with Gasteiger partial charge in [-0.1, -0.05) is 0 Å². The van der Waals surface area contributed by atoms with Crippen molar-refractivity contribution >= 4 is 11.5 Å². The van der Waals surface area contributed by atoms with Gasteiger partial charge < -0.3 is 10.1 Å². The molecule has 6 heteroatoms. The molecule has 0 amide bonds. The van der Waals surface area contributed by atoms with Gasteiger partial charge in [-0.05, 0) is 49.9 Å². The lowest BCUT2D eigenvalue weighted by molar-refractivity contribution is 0.0669. The molecule has 1 aliphatic carbocycles. The lowest BCUT2D eigenvalue weighted by Gasteiger charge is -2.29. The average molecular weight is 323 g/mol. The van der Waals surface area contributed by atoms with Crippen LogP contribution in [0.15, 0.2) is 42.9 Å². The van der Waals surface area contributed by atoms with Gasteiger partial charge in [-0.15, -0.1) is 5.10 Å². The molecule has 1 N–H and O–H groups in total. The summed E-state index contributed by atoms with van der Waals surface area (Å²) < 4.78 is 7.40. The molecule has 1 aliphatic rings. The van der Waals surface area contributed by atoms with Crippen LogP contribution in [0.25, 0.3) is 16.9 Å². The number of hydrogen-bond acceptors (Lipinski definition) is 5. The molecule has 0 bridgehead atoms. The highest BCUT2D eigenvalue weighted by molar-refractivity contribution is 5.63. The van der Waals surface area contributed by atoms with E-state index < -0.39 is 0 Å². The van der Waals surface area contributed by atoms with Crippen molar-refractivity contribution in [3.05, 3.63) is 42.9 Å². The zero-order valence-electron chi connectivity index (χ0n) is 13.7.